The molecule has 1 rings (SSSR count). The largest absolute Gasteiger partial charge is 0.376 e. The molecule has 0 aliphatic heterocycles. The zero-order chi connectivity index (χ0) is 13.4. The SMILES string of the molecule is CCCNC1CCCC(OCCOC(C)(C)C)C1. The zero-order valence-corrected chi connectivity index (χ0v) is 12.6. The lowest BCUT2D eigenvalue weighted by Gasteiger charge is -2.30. The van der Waals surface area contributed by atoms with Crippen molar-refractivity contribution in [2.45, 2.75) is 77.5 Å². The highest BCUT2D eigenvalue weighted by Crippen LogP contribution is 2.21. The van der Waals surface area contributed by atoms with E-state index in [1.54, 1.807) is 0 Å². The summed E-state index contributed by atoms with van der Waals surface area (Å²) in [5.74, 6) is 0. The van der Waals surface area contributed by atoms with Crippen LogP contribution in [0.15, 0.2) is 0 Å². The molecule has 1 fully saturated rings. The van der Waals surface area contributed by atoms with Crippen molar-refractivity contribution in [1.29, 1.82) is 0 Å². The van der Waals surface area contributed by atoms with Crippen LogP contribution >= 0.6 is 0 Å². The van der Waals surface area contributed by atoms with E-state index in [0.29, 0.717) is 18.8 Å². The highest BCUT2D eigenvalue weighted by atomic mass is 16.5. The second kappa shape index (κ2) is 8.13. The summed E-state index contributed by atoms with van der Waals surface area (Å²) in [5, 5.41) is 3.60. The first-order valence-electron chi connectivity index (χ1n) is 7.50. The Labute approximate surface area is 113 Å². The van der Waals surface area contributed by atoms with Crippen LogP contribution in [0.25, 0.3) is 0 Å². The fraction of sp³-hybridized carbons (Fsp3) is 1.00. The first-order valence-corrected chi connectivity index (χ1v) is 7.50. The quantitative estimate of drug-likeness (QED) is 0.711. The van der Waals surface area contributed by atoms with Crippen LogP contribution in [-0.2, 0) is 9.47 Å². The third-order valence-corrected chi connectivity index (χ3v) is 3.28. The van der Waals surface area contributed by atoms with Crippen molar-refractivity contribution in [2.75, 3.05) is 19.8 Å². The molecule has 0 amide bonds. The number of hydrogen-bond donors (Lipinski definition) is 1. The smallest absolute Gasteiger partial charge is 0.0707 e. The summed E-state index contributed by atoms with van der Waals surface area (Å²) < 4.78 is 11.6. The maximum atomic E-state index is 5.92. The zero-order valence-electron chi connectivity index (χ0n) is 12.6. The fourth-order valence-corrected chi connectivity index (χ4v) is 2.39. The molecule has 0 aromatic rings. The van der Waals surface area contributed by atoms with Crippen LogP contribution in [0.2, 0.25) is 0 Å². The molecule has 0 saturated heterocycles. The Hall–Kier alpha value is -0.120. The topological polar surface area (TPSA) is 30.5 Å². The molecule has 1 aliphatic rings. The minimum Gasteiger partial charge on any atom is -0.376 e. The van der Waals surface area contributed by atoms with Gasteiger partial charge in [-0.2, -0.15) is 0 Å². The third-order valence-electron chi connectivity index (χ3n) is 3.28. The van der Waals surface area contributed by atoms with E-state index in [-0.39, 0.29) is 5.60 Å². The second-order valence-electron chi connectivity index (χ2n) is 6.27. The standard InChI is InChI=1S/C15H31NO2/c1-5-9-16-13-7-6-8-14(12-13)17-10-11-18-15(2,3)4/h13-14,16H,5-12H2,1-4H3. The minimum atomic E-state index is -0.0544. The summed E-state index contributed by atoms with van der Waals surface area (Å²) in [6.45, 7) is 11.0. The van der Waals surface area contributed by atoms with Gasteiger partial charge in [-0.3, -0.25) is 0 Å². The monoisotopic (exact) mass is 257 g/mol. The van der Waals surface area contributed by atoms with Gasteiger partial charge in [0.2, 0.25) is 0 Å². The van der Waals surface area contributed by atoms with Crippen LogP contribution in [0.5, 0.6) is 0 Å². The Morgan fingerprint density at radius 2 is 1.94 bits per heavy atom. The maximum Gasteiger partial charge on any atom is 0.0707 e. The van der Waals surface area contributed by atoms with Crippen LogP contribution < -0.4 is 5.32 Å². The van der Waals surface area contributed by atoms with Crippen molar-refractivity contribution >= 4 is 0 Å². The molecular formula is C15H31NO2. The van der Waals surface area contributed by atoms with Crippen LogP contribution in [0, 0.1) is 0 Å². The molecule has 2 unspecified atom stereocenters. The normalized spacial score (nSPS) is 25.3. The third kappa shape index (κ3) is 7.34. The Morgan fingerprint density at radius 1 is 1.17 bits per heavy atom. The van der Waals surface area contributed by atoms with Gasteiger partial charge in [-0.25, -0.2) is 0 Å². The Balaban J connectivity index is 2.10. The number of nitrogens with one attached hydrogen (secondary N) is 1. The van der Waals surface area contributed by atoms with E-state index >= 15 is 0 Å². The molecule has 1 N–H and O–H groups in total. The molecule has 0 aromatic carbocycles. The van der Waals surface area contributed by atoms with Crippen LogP contribution in [0.4, 0.5) is 0 Å². The van der Waals surface area contributed by atoms with E-state index in [0.717, 1.165) is 19.6 Å². The number of ether oxygens (including phenoxy) is 2. The Kier molecular flexibility index (Phi) is 7.20. The predicted octanol–water partition coefficient (Wildman–Crippen LogP) is 3.13. The highest BCUT2D eigenvalue weighted by Gasteiger charge is 2.21. The summed E-state index contributed by atoms with van der Waals surface area (Å²) in [6.07, 6.45) is 6.60. The van der Waals surface area contributed by atoms with Crippen LogP contribution in [-0.4, -0.2) is 37.5 Å². The van der Waals surface area contributed by atoms with E-state index in [9.17, 15) is 0 Å². The summed E-state index contributed by atoms with van der Waals surface area (Å²) in [6, 6.07) is 0.659. The lowest BCUT2D eigenvalue weighted by Crippen LogP contribution is -2.37. The van der Waals surface area contributed by atoms with Gasteiger partial charge in [0, 0.05) is 6.04 Å². The molecule has 1 aliphatic carbocycles. The van der Waals surface area contributed by atoms with Gasteiger partial charge in [-0.15, -0.1) is 0 Å². The molecule has 108 valence electrons. The Morgan fingerprint density at radius 3 is 2.61 bits per heavy atom. The van der Waals surface area contributed by atoms with E-state index < -0.39 is 0 Å². The molecular weight excluding hydrogens is 226 g/mol. The van der Waals surface area contributed by atoms with Gasteiger partial charge in [0.1, 0.15) is 0 Å². The van der Waals surface area contributed by atoms with Crippen molar-refractivity contribution in [1.82, 2.24) is 5.32 Å². The molecule has 0 radical (unpaired) electrons. The van der Waals surface area contributed by atoms with Crippen LogP contribution in [0.1, 0.15) is 59.8 Å². The maximum absolute atomic E-state index is 5.92. The summed E-state index contributed by atoms with van der Waals surface area (Å²) in [7, 11) is 0. The van der Waals surface area contributed by atoms with Crippen molar-refractivity contribution in [2.24, 2.45) is 0 Å². The van der Waals surface area contributed by atoms with Gasteiger partial charge in [-0.1, -0.05) is 6.92 Å². The summed E-state index contributed by atoms with van der Waals surface area (Å²) in [5.41, 5.74) is -0.0544. The molecule has 18 heavy (non-hydrogen) atoms. The van der Waals surface area contributed by atoms with Crippen molar-refractivity contribution < 1.29 is 9.47 Å². The number of rotatable bonds is 7. The highest BCUT2D eigenvalue weighted by molar-refractivity contribution is 4.78. The molecule has 0 bridgehead atoms. The van der Waals surface area contributed by atoms with E-state index in [1.165, 1.54) is 25.7 Å². The molecule has 3 heteroatoms. The van der Waals surface area contributed by atoms with Crippen molar-refractivity contribution in [3.8, 4) is 0 Å². The van der Waals surface area contributed by atoms with Gasteiger partial charge in [0.05, 0.1) is 24.9 Å². The van der Waals surface area contributed by atoms with E-state index in [1.807, 2.05) is 0 Å². The average Bonchev–Trinajstić information content (AvgIpc) is 2.31. The van der Waals surface area contributed by atoms with Crippen molar-refractivity contribution in [3.63, 3.8) is 0 Å². The summed E-state index contributed by atoms with van der Waals surface area (Å²) >= 11 is 0. The van der Waals surface area contributed by atoms with Gasteiger partial charge in [0.15, 0.2) is 0 Å². The second-order valence-corrected chi connectivity index (χ2v) is 6.27. The molecule has 3 nitrogen and oxygen atoms in total. The lowest BCUT2D eigenvalue weighted by atomic mass is 9.93. The van der Waals surface area contributed by atoms with Gasteiger partial charge < -0.3 is 14.8 Å². The van der Waals surface area contributed by atoms with Gasteiger partial charge in [0.25, 0.3) is 0 Å². The number of hydrogen-bond acceptors (Lipinski definition) is 3. The fourth-order valence-electron chi connectivity index (χ4n) is 2.39. The van der Waals surface area contributed by atoms with Gasteiger partial charge in [-0.05, 0) is 59.4 Å². The minimum absolute atomic E-state index is 0.0544. The average molecular weight is 257 g/mol. The van der Waals surface area contributed by atoms with Gasteiger partial charge >= 0.3 is 0 Å². The first-order chi connectivity index (χ1) is 8.51. The molecule has 0 spiro atoms. The van der Waals surface area contributed by atoms with E-state index in [2.05, 4.69) is 33.0 Å². The molecule has 0 aromatic heterocycles. The van der Waals surface area contributed by atoms with Crippen molar-refractivity contribution in [3.05, 3.63) is 0 Å². The molecule has 1 saturated carbocycles. The summed E-state index contributed by atoms with van der Waals surface area (Å²) in [4.78, 5) is 0. The van der Waals surface area contributed by atoms with E-state index in [4.69, 9.17) is 9.47 Å². The lowest BCUT2D eigenvalue weighted by molar-refractivity contribution is -0.0597. The predicted molar refractivity (Wildman–Crippen MR) is 76.0 cm³/mol. The molecule has 0 heterocycles. The van der Waals surface area contributed by atoms with Crippen LogP contribution in [0.3, 0.4) is 0 Å². The first kappa shape index (κ1) is 15.9. The Bertz CT molecular complexity index is 213. The molecule has 2 atom stereocenters.